The van der Waals surface area contributed by atoms with Crippen LogP contribution in [0.25, 0.3) is 0 Å². The van der Waals surface area contributed by atoms with Gasteiger partial charge in [0.15, 0.2) is 0 Å². The summed E-state index contributed by atoms with van der Waals surface area (Å²) >= 11 is 0. The van der Waals surface area contributed by atoms with Gasteiger partial charge in [0.2, 0.25) is 0 Å². The molecule has 0 bridgehead atoms. The third-order valence-corrected chi connectivity index (χ3v) is 5.67. The van der Waals surface area contributed by atoms with Gasteiger partial charge in [-0.25, -0.2) is 0 Å². The van der Waals surface area contributed by atoms with E-state index < -0.39 is 0 Å². The Morgan fingerprint density at radius 2 is 1.88 bits per heavy atom. The van der Waals surface area contributed by atoms with Crippen molar-refractivity contribution < 1.29 is 14.3 Å². The quantitative estimate of drug-likeness (QED) is 0.850. The van der Waals surface area contributed by atoms with E-state index in [1.165, 1.54) is 12.8 Å². The molecule has 2 heterocycles. The van der Waals surface area contributed by atoms with Crippen LogP contribution in [0.15, 0.2) is 48.5 Å². The summed E-state index contributed by atoms with van der Waals surface area (Å²) in [6.07, 6.45) is 3.42. The molecule has 0 radical (unpaired) electrons. The molecule has 2 aromatic carbocycles. The Bertz CT molecular complexity index is 815. The molecule has 1 saturated carbocycles. The van der Waals surface area contributed by atoms with Crippen molar-refractivity contribution in [1.82, 2.24) is 4.90 Å². The van der Waals surface area contributed by atoms with Gasteiger partial charge in [0.1, 0.15) is 11.9 Å². The Morgan fingerprint density at radius 1 is 1.04 bits per heavy atom. The number of ether oxygens (including phenoxy) is 2. The fourth-order valence-corrected chi connectivity index (χ4v) is 4.04. The van der Waals surface area contributed by atoms with E-state index in [1.807, 2.05) is 41.3 Å². The van der Waals surface area contributed by atoms with Crippen LogP contribution < -0.4 is 4.74 Å². The fourth-order valence-electron chi connectivity index (χ4n) is 4.04. The molecule has 0 N–H and O–H groups in total. The van der Waals surface area contributed by atoms with Crippen LogP contribution in [-0.4, -0.2) is 36.6 Å². The van der Waals surface area contributed by atoms with Crippen molar-refractivity contribution in [1.29, 1.82) is 0 Å². The van der Waals surface area contributed by atoms with Gasteiger partial charge in [-0.05, 0) is 48.1 Å². The molecular weight excluding hydrogens is 326 g/mol. The third-order valence-electron chi connectivity index (χ3n) is 5.67. The van der Waals surface area contributed by atoms with Crippen molar-refractivity contribution in [3.05, 3.63) is 65.2 Å². The van der Waals surface area contributed by atoms with Gasteiger partial charge in [-0.3, -0.25) is 4.79 Å². The molecule has 2 atom stereocenters. The first kappa shape index (κ1) is 15.9. The standard InChI is InChI=1S/C22H23NO3/c24-22(18-8-9-19-17(12-18)10-11-25-19)23-13-20(15-4-2-1-3-5-15)26-21(14-23)16-6-7-16/h1-5,8-9,12,16,20-21H,6-7,10-11,13-14H2/t20-,21+/m0/s1. The molecule has 2 aromatic rings. The number of carbonyl (C=O) groups excluding carboxylic acids is 1. The van der Waals surface area contributed by atoms with Gasteiger partial charge in [-0.15, -0.1) is 0 Å². The first-order valence-electron chi connectivity index (χ1n) is 9.53. The number of hydrogen-bond donors (Lipinski definition) is 0. The molecule has 3 aliphatic rings. The maximum absolute atomic E-state index is 13.2. The Labute approximate surface area is 153 Å². The molecule has 4 nitrogen and oxygen atoms in total. The van der Waals surface area contributed by atoms with Crippen LogP contribution in [0.2, 0.25) is 0 Å². The maximum Gasteiger partial charge on any atom is 0.254 e. The van der Waals surface area contributed by atoms with Crippen LogP contribution in [0.4, 0.5) is 0 Å². The number of morpholine rings is 1. The summed E-state index contributed by atoms with van der Waals surface area (Å²) in [5, 5.41) is 0. The van der Waals surface area contributed by atoms with Crippen LogP contribution in [-0.2, 0) is 11.2 Å². The number of hydrogen-bond acceptors (Lipinski definition) is 3. The monoisotopic (exact) mass is 349 g/mol. The van der Waals surface area contributed by atoms with Crippen LogP contribution in [0.1, 0.15) is 40.4 Å². The van der Waals surface area contributed by atoms with Gasteiger partial charge in [0.05, 0.1) is 19.3 Å². The van der Waals surface area contributed by atoms with Crippen LogP contribution in [0, 0.1) is 5.92 Å². The highest BCUT2D eigenvalue weighted by Crippen LogP contribution is 2.40. The number of amides is 1. The summed E-state index contributed by atoms with van der Waals surface area (Å²) in [4.78, 5) is 15.2. The largest absolute Gasteiger partial charge is 0.493 e. The molecule has 2 fully saturated rings. The van der Waals surface area contributed by atoms with Crippen LogP contribution in [0.3, 0.4) is 0 Å². The number of benzene rings is 2. The molecule has 26 heavy (non-hydrogen) atoms. The zero-order chi connectivity index (χ0) is 17.5. The summed E-state index contributed by atoms with van der Waals surface area (Å²) in [6, 6.07) is 16.1. The van der Waals surface area contributed by atoms with Gasteiger partial charge < -0.3 is 14.4 Å². The maximum atomic E-state index is 13.2. The topological polar surface area (TPSA) is 38.8 Å². The SMILES string of the molecule is O=C(c1ccc2c(c1)CCO2)N1C[C@@H](c2ccccc2)O[C@@H](C2CC2)C1. The average molecular weight is 349 g/mol. The van der Waals surface area contributed by atoms with Crippen LogP contribution >= 0.6 is 0 Å². The molecule has 134 valence electrons. The van der Waals surface area contributed by atoms with Gasteiger partial charge in [-0.2, -0.15) is 0 Å². The third kappa shape index (κ3) is 2.99. The first-order chi connectivity index (χ1) is 12.8. The molecule has 0 aromatic heterocycles. The van der Waals surface area contributed by atoms with Gasteiger partial charge >= 0.3 is 0 Å². The van der Waals surface area contributed by atoms with E-state index in [9.17, 15) is 4.79 Å². The number of fused-ring (bicyclic) bond motifs is 1. The zero-order valence-electron chi connectivity index (χ0n) is 14.8. The Hall–Kier alpha value is -2.33. The van der Waals surface area contributed by atoms with E-state index >= 15 is 0 Å². The number of carbonyl (C=O) groups is 1. The molecule has 4 heteroatoms. The molecule has 5 rings (SSSR count). The Kier molecular flexibility index (Phi) is 3.93. The molecule has 0 unspecified atom stereocenters. The summed E-state index contributed by atoms with van der Waals surface area (Å²) in [6.45, 7) is 2.02. The summed E-state index contributed by atoms with van der Waals surface area (Å²) in [5.41, 5.74) is 3.05. The highest BCUT2D eigenvalue weighted by molar-refractivity contribution is 5.94. The molecule has 1 amide bonds. The first-order valence-corrected chi connectivity index (χ1v) is 9.53. The highest BCUT2D eigenvalue weighted by atomic mass is 16.5. The van der Waals surface area contributed by atoms with Gasteiger partial charge in [0, 0.05) is 18.5 Å². The van der Waals surface area contributed by atoms with Crippen molar-refractivity contribution in [2.24, 2.45) is 5.92 Å². The number of rotatable bonds is 3. The minimum Gasteiger partial charge on any atom is -0.493 e. The lowest BCUT2D eigenvalue weighted by Gasteiger charge is -2.38. The average Bonchev–Trinajstić information content (AvgIpc) is 3.45. The molecule has 2 aliphatic heterocycles. The van der Waals surface area contributed by atoms with E-state index in [1.54, 1.807) is 0 Å². The lowest BCUT2D eigenvalue weighted by atomic mass is 10.0. The molecule has 0 spiro atoms. The van der Waals surface area contributed by atoms with Crippen LogP contribution in [0.5, 0.6) is 5.75 Å². The van der Waals surface area contributed by atoms with Crippen molar-refractivity contribution in [2.75, 3.05) is 19.7 Å². The number of nitrogens with zero attached hydrogens (tertiary/aromatic N) is 1. The van der Waals surface area contributed by atoms with E-state index in [2.05, 4.69) is 12.1 Å². The molecule has 1 saturated heterocycles. The second-order valence-corrected chi connectivity index (χ2v) is 7.54. The summed E-state index contributed by atoms with van der Waals surface area (Å²) in [7, 11) is 0. The van der Waals surface area contributed by atoms with E-state index in [0.29, 0.717) is 25.6 Å². The second-order valence-electron chi connectivity index (χ2n) is 7.54. The zero-order valence-corrected chi connectivity index (χ0v) is 14.8. The normalized spacial score (nSPS) is 24.8. The molecular formula is C22H23NO3. The summed E-state index contributed by atoms with van der Waals surface area (Å²) < 4.78 is 11.9. The van der Waals surface area contributed by atoms with E-state index in [-0.39, 0.29) is 18.1 Å². The highest BCUT2D eigenvalue weighted by Gasteiger charge is 2.40. The smallest absolute Gasteiger partial charge is 0.254 e. The summed E-state index contributed by atoms with van der Waals surface area (Å²) in [5.74, 6) is 1.63. The van der Waals surface area contributed by atoms with Gasteiger partial charge in [-0.1, -0.05) is 30.3 Å². The minimum atomic E-state index is -0.0442. The van der Waals surface area contributed by atoms with E-state index in [0.717, 1.165) is 28.9 Å². The lowest BCUT2D eigenvalue weighted by molar-refractivity contribution is -0.0864. The Balaban J connectivity index is 1.40. The predicted molar refractivity (Wildman–Crippen MR) is 98.3 cm³/mol. The van der Waals surface area contributed by atoms with Crippen molar-refractivity contribution in [2.45, 2.75) is 31.5 Å². The van der Waals surface area contributed by atoms with Crippen molar-refractivity contribution in [3.8, 4) is 5.75 Å². The predicted octanol–water partition coefficient (Wildman–Crippen LogP) is 3.61. The second kappa shape index (κ2) is 6.44. The minimum absolute atomic E-state index is 0.0442. The lowest BCUT2D eigenvalue weighted by Crippen LogP contribution is -2.47. The fraction of sp³-hybridized carbons (Fsp3) is 0.409. The van der Waals surface area contributed by atoms with Gasteiger partial charge in [0.25, 0.3) is 5.91 Å². The molecule has 1 aliphatic carbocycles. The van der Waals surface area contributed by atoms with E-state index in [4.69, 9.17) is 9.47 Å². The van der Waals surface area contributed by atoms with Crippen molar-refractivity contribution in [3.63, 3.8) is 0 Å². The van der Waals surface area contributed by atoms with Crippen molar-refractivity contribution >= 4 is 5.91 Å². The Morgan fingerprint density at radius 3 is 2.69 bits per heavy atom.